The second kappa shape index (κ2) is 9.16. The number of aromatic nitrogens is 1. The second-order valence-electron chi connectivity index (χ2n) is 6.90. The van der Waals surface area contributed by atoms with E-state index in [1.54, 1.807) is 0 Å². The maximum Gasteiger partial charge on any atom is 0.419 e. The van der Waals surface area contributed by atoms with Gasteiger partial charge in [0.05, 0.1) is 16.5 Å². The van der Waals surface area contributed by atoms with E-state index >= 15 is 0 Å². The molecule has 0 spiro atoms. The molecule has 0 saturated carbocycles. The number of likely N-dealkylation sites (N-methyl/N-ethyl adjacent to an activating group) is 1. The fraction of sp³-hybridized carbons (Fsp3) is 0.500. The molecule has 10 heteroatoms. The highest BCUT2D eigenvalue weighted by atomic mass is 16.6. The minimum atomic E-state index is -0.640. The Morgan fingerprint density at radius 3 is 2.64 bits per heavy atom. The van der Waals surface area contributed by atoms with Crippen LogP contribution in [0.15, 0.2) is 27.4 Å². The van der Waals surface area contributed by atoms with E-state index in [9.17, 15) is 24.5 Å². The first-order valence-corrected chi connectivity index (χ1v) is 9.01. The molecule has 2 amide bonds. The zero-order chi connectivity index (χ0) is 20.8. The van der Waals surface area contributed by atoms with Crippen molar-refractivity contribution < 1.29 is 18.9 Å². The van der Waals surface area contributed by atoms with Gasteiger partial charge in [-0.15, -0.1) is 0 Å². The zero-order valence-electron chi connectivity index (χ0n) is 16.1. The van der Waals surface area contributed by atoms with Crippen molar-refractivity contribution in [3.63, 3.8) is 0 Å². The average molecular weight is 392 g/mol. The predicted octanol–water partition coefficient (Wildman–Crippen LogP) is 1.56. The van der Waals surface area contributed by atoms with Gasteiger partial charge in [0.25, 0.3) is 5.69 Å². The lowest BCUT2D eigenvalue weighted by atomic mass is 10.0. The third kappa shape index (κ3) is 5.18. The molecule has 152 valence electrons. The molecule has 1 atom stereocenters. The molecule has 1 heterocycles. The molecule has 0 aliphatic rings. The summed E-state index contributed by atoms with van der Waals surface area (Å²) in [5.41, 5.74) is 0.387. The number of aryl methyl sites for hydroxylation is 1. The van der Waals surface area contributed by atoms with Crippen LogP contribution in [0.4, 0.5) is 5.69 Å². The van der Waals surface area contributed by atoms with E-state index in [4.69, 9.17) is 4.42 Å². The van der Waals surface area contributed by atoms with Crippen molar-refractivity contribution in [2.45, 2.75) is 45.7 Å². The first-order chi connectivity index (χ1) is 13.2. The number of benzene rings is 1. The number of nitrogens with one attached hydrogen (secondary N) is 2. The Morgan fingerprint density at radius 1 is 1.32 bits per heavy atom. The summed E-state index contributed by atoms with van der Waals surface area (Å²) in [4.78, 5) is 46.3. The molecule has 1 unspecified atom stereocenters. The number of rotatable bonds is 9. The molecule has 1 aromatic carbocycles. The van der Waals surface area contributed by atoms with Crippen LogP contribution in [-0.4, -0.2) is 34.4 Å². The summed E-state index contributed by atoms with van der Waals surface area (Å²) in [5, 5.41) is 16.1. The number of amides is 2. The summed E-state index contributed by atoms with van der Waals surface area (Å²) in [6.45, 7) is 4.14. The Balaban J connectivity index is 1.99. The van der Waals surface area contributed by atoms with E-state index in [1.165, 1.54) is 29.8 Å². The normalized spacial score (nSPS) is 12.1. The quantitative estimate of drug-likeness (QED) is 0.491. The number of carbonyl (C=O) groups is 2. The summed E-state index contributed by atoms with van der Waals surface area (Å²) in [6.07, 6.45) is 0.993. The van der Waals surface area contributed by atoms with Crippen molar-refractivity contribution in [3.05, 3.63) is 38.9 Å². The van der Waals surface area contributed by atoms with Crippen LogP contribution in [0.1, 0.15) is 33.1 Å². The molecule has 0 radical (unpaired) electrons. The molecule has 0 fully saturated rings. The topological polar surface area (TPSA) is 136 Å². The van der Waals surface area contributed by atoms with Crippen LogP contribution in [0.5, 0.6) is 0 Å². The van der Waals surface area contributed by atoms with Crippen LogP contribution in [0.25, 0.3) is 11.1 Å². The van der Waals surface area contributed by atoms with Crippen molar-refractivity contribution in [2.24, 2.45) is 5.92 Å². The summed E-state index contributed by atoms with van der Waals surface area (Å²) in [7, 11) is 1.52. The highest BCUT2D eigenvalue weighted by Gasteiger charge is 2.21. The van der Waals surface area contributed by atoms with Gasteiger partial charge in [0.1, 0.15) is 6.04 Å². The third-order valence-corrected chi connectivity index (χ3v) is 4.25. The number of hydrogen-bond acceptors (Lipinski definition) is 6. The highest BCUT2D eigenvalue weighted by molar-refractivity contribution is 5.87. The summed E-state index contributed by atoms with van der Waals surface area (Å²) in [6, 6.07) is 3.33. The molecule has 2 aromatic rings. The standard InChI is InChI=1S/C18H24N4O6/c1-11(2)9-13(17(24)19-3)20-16(23)5-4-8-21-14-7-6-12(22(26)27)10-15(14)28-18(21)25/h6-7,10-11,13H,4-5,8-9H2,1-3H3,(H,19,24)(H,20,23). The number of oxazole rings is 1. The van der Waals surface area contributed by atoms with Gasteiger partial charge in [-0.05, 0) is 24.8 Å². The monoisotopic (exact) mass is 392 g/mol. The van der Waals surface area contributed by atoms with Gasteiger partial charge in [-0.3, -0.25) is 24.3 Å². The van der Waals surface area contributed by atoms with Gasteiger partial charge in [-0.2, -0.15) is 0 Å². The van der Waals surface area contributed by atoms with E-state index in [1.807, 2.05) is 13.8 Å². The van der Waals surface area contributed by atoms with E-state index < -0.39 is 16.7 Å². The van der Waals surface area contributed by atoms with Crippen LogP contribution in [0, 0.1) is 16.0 Å². The number of nitro groups is 1. The van der Waals surface area contributed by atoms with Crippen LogP contribution in [0.3, 0.4) is 0 Å². The maximum atomic E-state index is 12.2. The Labute approximate surface area is 161 Å². The fourth-order valence-electron chi connectivity index (χ4n) is 2.92. The minimum absolute atomic E-state index is 0.123. The SMILES string of the molecule is CNC(=O)C(CC(C)C)NC(=O)CCCn1c(=O)oc2cc([N+](=O)[O-])ccc21. The molecule has 1 aromatic heterocycles. The van der Waals surface area contributed by atoms with Gasteiger partial charge < -0.3 is 15.1 Å². The molecule has 0 saturated heterocycles. The number of non-ortho nitro benzene ring substituents is 1. The van der Waals surface area contributed by atoms with Crippen LogP contribution in [-0.2, 0) is 16.1 Å². The van der Waals surface area contributed by atoms with Gasteiger partial charge in [0, 0.05) is 26.1 Å². The molecular formula is C18H24N4O6. The van der Waals surface area contributed by atoms with E-state index in [-0.39, 0.29) is 42.0 Å². The average Bonchev–Trinajstić information content (AvgIpc) is 2.94. The Kier molecular flexibility index (Phi) is 6.91. The number of hydrogen-bond donors (Lipinski definition) is 2. The summed E-state index contributed by atoms with van der Waals surface area (Å²) >= 11 is 0. The first-order valence-electron chi connectivity index (χ1n) is 9.01. The largest absolute Gasteiger partial charge is 0.419 e. The molecule has 10 nitrogen and oxygen atoms in total. The molecule has 0 bridgehead atoms. The minimum Gasteiger partial charge on any atom is -0.407 e. The number of nitrogens with zero attached hydrogens (tertiary/aromatic N) is 2. The van der Waals surface area contributed by atoms with Crippen LogP contribution < -0.4 is 16.4 Å². The Bertz CT molecular complexity index is 930. The van der Waals surface area contributed by atoms with Gasteiger partial charge >= 0.3 is 5.76 Å². The lowest BCUT2D eigenvalue weighted by Gasteiger charge is -2.19. The molecule has 0 aliphatic heterocycles. The zero-order valence-corrected chi connectivity index (χ0v) is 16.1. The van der Waals surface area contributed by atoms with Crippen LogP contribution in [0.2, 0.25) is 0 Å². The molecule has 2 rings (SSSR count). The van der Waals surface area contributed by atoms with Gasteiger partial charge in [0.15, 0.2) is 5.58 Å². The summed E-state index contributed by atoms with van der Waals surface area (Å²) in [5.74, 6) is -0.937. The highest BCUT2D eigenvalue weighted by Crippen LogP contribution is 2.20. The predicted molar refractivity (Wildman–Crippen MR) is 102 cm³/mol. The maximum absolute atomic E-state index is 12.2. The van der Waals surface area contributed by atoms with Crippen molar-refractivity contribution in [2.75, 3.05) is 7.05 Å². The smallest absolute Gasteiger partial charge is 0.407 e. The van der Waals surface area contributed by atoms with Gasteiger partial charge in [-0.25, -0.2) is 4.79 Å². The second-order valence-corrected chi connectivity index (χ2v) is 6.90. The molecule has 28 heavy (non-hydrogen) atoms. The first kappa shape index (κ1) is 21.1. The lowest BCUT2D eigenvalue weighted by Crippen LogP contribution is -2.46. The Hall–Kier alpha value is -3.17. The van der Waals surface area contributed by atoms with E-state index in [0.29, 0.717) is 18.4 Å². The number of nitro benzene ring substituents is 1. The number of carbonyl (C=O) groups excluding carboxylic acids is 2. The van der Waals surface area contributed by atoms with E-state index in [0.717, 1.165) is 0 Å². The van der Waals surface area contributed by atoms with Gasteiger partial charge in [-0.1, -0.05) is 13.8 Å². The lowest BCUT2D eigenvalue weighted by molar-refractivity contribution is -0.384. The Morgan fingerprint density at radius 2 is 2.04 bits per heavy atom. The number of fused-ring (bicyclic) bond motifs is 1. The van der Waals surface area contributed by atoms with Crippen molar-refractivity contribution in [3.8, 4) is 0 Å². The van der Waals surface area contributed by atoms with Crippen molar-refractivity contribution in [1.82, 2.24) is 15.2 Å². The molecule has 0 aliphatic carbocycles. The van der Waals surface area contributed by atoms with E-state index in [2.05, 4.69) is 10.6 Å². The molecule has 2 N–H and O–H groups in total. The van der Waals surface area contributed by atoms with Crippen molar-refractivity contribution >= 4 is 28.6 Å². The van der Waals surface area contributed by atoms with Crippen molar-refractivity contribution in [1.29, 1.82) is 0 Å². The van der Waals surface area contributed by atoms with Gasteiger partial charge in [0.2, 0.25) is 11.8 Å². The molecular weight excluding hydrogens is 368 g/mol. The van der Waals surface area contributed by atoms with Crippen LogP contribution >= 0.6 is 0 Å². The third-order valence-electron chi connectivity index (χ3n) is 4.25. The fourth-order valence-corrected chi connectivity index (χ4v) is 2.92. The summed E-state index contributed by atoms with van der Waals surface area (Å²) < 4.78 is 6.38.